The fraction of sp³-hybridized carbons (Fsp3) is 0.167. The minimum atomic E-state index is -4.02. The van der Waals surface area contributed by atoms with Gasteiger partial charge in [0.1, 0.15) is 12.0 Å². The third kappa shape index (κ3) is 4.20. The lowest BCUT2D eigenvalue weighted by Crippen LogP contribution is -2.35. The minimum Gasteiger partial charge on any atom is -0.444 e. The Morgan fingerprint density at radius 3 is 2.11 bits per heavy atom. The largest absolute Gasteiger partial charge is 0.444 e. The maximum absolute atomic E-state index is 12.0. The predicted molar refractivity (Wildman–Crippen MR) is 104 cm³/mol. The van der Waals surface area contributed by atoms with Gasteiger partial charge in [0.25, 0.3) is 0 Å². The molecule has 3 aromatic rings. The molecule has 142 valence electrons. The Bertz CT molecular complexity index is 1150. The Morgan fingerprint density at radius 1 is 0.889 bits per heavy atom. The monoisotopic (exact) mass is 406 g/mol. The van der Waals surface area contributed by atoms with Crippen LogP contribution in [-0.4, -0.2) is 34.3 Å². The molecule has 27 heavy (non-hydrogen) atoms. The van der Waals surface area contributed by atoms with Crippen molar-refractivity contribution in [3.63, 3.8) is 0 Å². The summed E-state index contributed by atoms with van der Waals surface area (Å²) in [5.74, 6) is 0.259. The first-order chi connectivity index (χ1) is 12.6. The number of oxazole rings is 1. The van der Waals surface area contributed by atoms with Gasteiger partial charge in [-0.1, -0.05) is 35.9 Å². The van der Waals surface area contributed by atoms with E-state index in [1.165, 1.54) is 18.4 Å². The highest BCUT2D eigenvalue weighted by atomic mass is 32.3. The van der Waals surface area contributed by atoms with Gasteiger partial charge in [0.05, 0.1) is 18.2 Å². The van der Waals surface area contributed by atoms with Gasteiger partial charge in [-0.2, -0.15) is 3.71 Å². The van der Waals surface area contributed by atoms with Crippen LogP contribution in [0.3, 0.4) is 0 Å². The number of anilines is 1. The molecule has 0 fully saturated rings. The van der Waals surface area contributed by atoms with Crippen LogP contribution in [0.4, 0.5) is 5.69 Å². The molecule has 0 aliphatic rings. The van der Waals surface area contributed by atoms with Gasteiger partial charge in [-0.15, -0.1) is 0 Å². The quantitative estimate of drug-likeness (QED) is 0.646. The van der Waals surface area contributed by atoms with Gasteiger partial charge >= 0.3 is 0 Å². The highest BCUT2D eigenvalue weighted by Crippen LogP contribution is 2.29. The first-order valence-corrected chi connectivity index (χ1v) is 11.6. The number of rotatable bonds is 5. The molecule has 0 amide bonds. The summed E-state index contributed by atoms with van der Waals surface area (Å²) in [6.07, 6.45) is 3.17. The van der Waals surface area contributed by atoms with E-state index in [0.29, 0.717) is 15.0 Å². The summed E-state index contributed by atoms with van der Waals surface area (Å²) >= 11 is 0. The first-order valence-electron chi connectivity index (χ1n) is 7.89. The number of hydrogen-bond acceptors (Lipinski definition) is 6. The molecule has 9 heteroatoms. The van der Waals surface area contributed by atoms with E-state index in [2.05, 4.69) is 4.98 Å². The fourth-order valence-electron chi connectivity index (χ4n) is 2.64. The summed E-state index contributed by atoms with van der Waals surface area (Å²) in [4.78, 5) is 4.42. The summed E-state index contributed by atoms with van der Waals surface area (Å²) in [5, 5.41) is 0. The predicted octanol–water partition coefficient (Wildman–Crippen LogP) is 3.04. The van der Waals surface area contributed by atoms with Gasteiger partial charge in [0.15, 0.2) is 0 Å². The van der Waals surface area contributed by atoms with Crippen LogP contribution >= 0.6 is 0 Å². The SMILES string of the molecule is Cc1ccc(-c2coc(-c3cccc(N(S(C)(=O)=O)S(C)(=O)=O)c3)n2)cc1. The van der Waals surface area contributed by atoms with Gasteiger partial charge in [0.2, 0.25) is 25.9 Å². The van der Waals surface area contributed by atoms with Crippen LogP contribution < -0.4 is 3.71 Å². The molecule has 0 aliphatic carbocycles. The van der Waals surface area contributed by atoms with E-state index < -0.39 is 20.0 Å². The molecule has 0 bridgehead atoms. The number of nitrogens with zero attached hydrogens (tertiary/aromatic N) is 2. The summed E-state index contributed by atoms with van der Waals surface area (Å²) in [5.41, 5.74) is 3.08. The second-order valence-electron chi connectivity index (χ2n) is 6.18. The lowest BCUT2D eigenvalue weighted by Gasteiger charge is -2.19. The average molecular weight is 406 g/mol. The van der Waals surface area contributed by atoms with Crippen LogP contribution in [0.5, 0.6) is 0 Å². The van der Waals surface area contributed by atoms with E-state index in [1.807, 2.05) is 31.2 Å². The zero-order valence-electron chi connectivity index (χ0n) is 14.9. The number of benzene rings is 2. The highest BCUT2D eigenvalue weighted by molar-refractivity contribution is 8.09. The molecule has 0 radical (unpaired) electrons. The lowest BCUT2D eigenvalue weighted by molar-refractivity contribution is 0.574. The Labute approximate surface area is 158 Å². The molecule has 1 heterocycles. The third-order valence-electron chi connectivity index (χ3n) is 3.76. The van der Waals surface area contributed by atoms with E-state index in [1.54, 1.807) is 12.1 Å². The van der Waals surface area contributed by atoms with Crippen molar-refractivity contribution in [2.24, 2.45) is 0 Å². The summed E-state index contributed by atoms with van der Waals surface area (Å²) in [6, 6.07) is 13.8. The minimum absolute atomic E-state index is 0.00686. The molecular weight excluding hydrogens is 388 g/mol. The van der Waals surface area contributed by atoms with Gasteiger partial charge < -0.3 is 4.42 Å². The maximum Gasteiger partial charge on any atom is 0.245 e. The molecule has 0 N–H and O–H groups in total. The topological polar surface area (TPSA) is 97.5 Å². The third-order valence-corrected chi connectivity index (χ3v) is 7.01. The van der Waals surface area contributed by atoms with Crippen molar-refractivity contribution in [2.75, 3.05) is 16.2 Å². The Kier molecular flexibility index (Phi) is 4.83. The Hall–Kier alpha value is -2.65. The molecule has 1 aromatic heterocycles. The smallest absolute Gasteiger partial charge is 0.245 e. The van der Waals surface area contributed by atoms with Gasteiger partial charge in [-0.3, -0.25) is 0 Å². The van der Waals surface area contributed by atoms with Crippen molar-refractivity contribution < 1.29 is 21.3 Å². The molecular formula is C18H18N2O5S2. The van der Waals surface area contributed by atoms with Crippen LogP contribution in [0.1, 0.15) is 5.56 Å². The molecule has 0 unspecified atom stereocenters. The summed E-state index contributed by atoms with van der Waals surface area (Å²) < 4.78 is 53.7. The van der Waals surface area contributed by atoms with Crippen molar-refractivity contribution in [1.82, 2.24) is 4.98 Å². The van der Waals surface area contributed by atoms with Crippen LogP contribution in [0.25, 0.3) is 22.7 Å². The highest BCUT2D eigenvalue weighted by Gasteiger charge is 2.27. The molecule has 3 rings (SSSR count). The fourth-order valence-corrected chi connectivity index (χ4v) is 5.61. The van der Waals surface area contributed by atoms with Crippen molar-refractivity contribution in [3.05, 3.63) is 60.4 Å². The van der Waals surface area contributed by atoms with E-state index in [0.717, 1.165) is 23.6 Å². The second-order valence-corrected chi connectivity index (χ2v) is 10.1. The Balaban J connectivity index is 2.03. The van der Waals surface area contributed by atoms with Crippen LogP contribution in [0, 0.1) is 6.92 Å². The van der Waals surface area contributed by atoms with Gasteiger partial charge in [0, 0.05) is 11.1 Å². The van der Waals surface area contributed by atoms with Crippen molar-refractivity contribution in [2.45, 2.75) is 6.92 Å². The molecule has 0 saturated heterocycles. The normalized spacial score (nSPS) is 12.1. The van der Waals surface area contributed by atoms with Crippen LogP contribution in [0.15, 0.2) is 59.2 Å². The number of aromatic nitrogens is 1. The number of sulfonamides is 2. The summed E-state index contributed by atoms with van der Waals surface area (Å²) in [7, 11) is -8.04. The van der Waals surface area contributed by atoms with Crippen molar-refractivity contribution >= 4 is 25.7 Å². The van der Waals surface area contributed by atoms with E-state index in [9.17, 15) is 16.8 Å². The van der Waals surface area contributed by atoms with E-state index >= 15 is 0 Å². The van der Waals surface area contributed by atoms with Crippen LogP contribution in [-0.2, 0) is 20.0 Å². The van der Waals surface area contributed by atoms with Gasteiger partial charge in [-0.05, 0) is 25.1 Å². The average Bonchev–Trinajstić information content (AvgIpc) is 3.03. The lowest BCUT2D eigenvalue weighted by atomic mass is 10.1. The zero-order valence-corrected chi connectivity index (χ0v) is 16.6. The van der Waals surface area contributed by atoms with Crippen molar-refractivity contribution in [1.29, 1.82) is 0 Å². The molecule has 0 spiro atoms. The first kappa shape index (κ1) is 19.1. The Morgan fingerprint density at radius 2 is 1.52 bits per heavy atom. The standard InChI is InChI=1S/C18H18N2O5S2/c1-13-7-9-14(10-8-13)17-12-25-18(19-17)15-5-4-6-16(11-15)20(26(2,21)22)27(3,23)24/h4-12H,1-3H3. The molecule has 2 aromatic carbocycles. The summed E-state index contributed by atoms with van der Waals surface area (Å²) in [6.45, 7) is 1.98. The van der Waals surface area contributed by atoms with E-state index in [4.69, 9.17) is 4.42 Å². The van der Waals surface area contributed by atoms with Crippen molar-refractivity contribution in [3.8, 4) is 22.7 Å². The molecule has 0 saturated carbocycles. The van der Waals surface area contributed by atoms with Crippen LogP contribution in [0.2, 0.25) is 0 Å². The molecule has 0 atom stereocenters. The van der Waals surface area contributed by atoms with E-state index in [-0.39, 0.29) is 11.6 Å². The second kappa shape index (κ2) is 6.82. The zero-order chi connectivity index (χ0) is 19.8. The molecule has 0 aliphatic heterocycles. The number of hydrogen-bond donors (Lipinski definition) is 0. The molecule has 7 nitrogen and oxygen atoms in total. The maximum atomic E-state index is 12.0. The number of aryl methyl sites for hydroxylation is 1. The van der Waals surface area contributed by atoms with Gasteiger partial charge in [-0.25, -0.2) is 21.8 Å².